The summed E-state index contributed by atoms with van der Waals surface area (Å²) < 4.78 is 1.56. The molecule has 0 bridgehead atoms. The molecular formula is C20H28N6O. The van der Waals surface area contributed by atoms with Crippen molar-refractivity contribution in [1.82, 2.24) is 24.6 Å². The zero-order valence-corrected chi connectivity index (χ0v) is 15.8. The molecule has 144 valence electrons. The first-order valence-corrected chi connectivity index (χ1v) is 10.1. The van der Waals surface area contributed by atoms with Crippen LogP contribution in [0.3, 0.4) is 0 Å². The van der Waals surface area contributed by atoms with Crippen LogP contribution >= 0.6 is 0 Å². The van der Waals surface area contributed by atoms with Gasteiger partial charge in [-0.25, -0.2) is 14.6 Å². The lowest BCUT2D eigenvalue weighted by Gasteiger charge is -2.36. The van der Waals surface area contributed by atoms with Crippen molar-refractivity contribution in [2.24, 2.45) is 0 Å². The Morgan fingerprint density at radius 3 is 2.96 bits per heavy atom. The van der Waals surface area contributed by atoms with Gasteiger partial charge in [-0.2, -0.15) is 5.10 Å². The molecule has 1 N–H and O–H groups in total. The van der Waals surface area contributed by atoms with Crippen LogP contribution in [0.25, 0.3) is 0 Å². The van der Waals surface area contributed by atoms with E-state index in [2.05, 4.69) is 25.3 Å². The zero-order chi connectivity index (χ0) is 18.5. The van der Waals surface area contributed by atoms with Crippen molar-refractivity contribution >= 4 is 5.82 Å². The number of nitrogens with one attached hydrogen (secondary N) is 1. The van der Waals surface area contributed by atoms with Gasteiger partial charge in [0.25, 0.3) is 5.56 Å². The molecule has 2 aromatic rings. The summed E-state index contributed by atoms with van der Waals surface area (Å²) in [5, 5.41) is 7.78. The summed E-state index contributed by atoms with van der Waals surface area (Å²) >= 11 is 0. The van der Waals surface area contributed by atoms with Crippen LogP contribution in [0.15, 0.2) is 29.5 Å². The summed E-state index contributed by atoms with van der Waals surface area (Å²) in [4.78, 5) is 23.3. The Balaban J connectivity index is 1.38. The van der Waals surface area contributed by atoms with E-state index in [9.17, 15) is 4.79 Å². The van der Waals surface area contributed by atoms with E-state index in [1.54, 1.807) is 29.3 Å². The number of fused-ring (bicyclic) bond motifs is 1. The van der Waals surface area contributed by atoms with Crippen molar-refractivity contribution in [3.05, 3.63) is 46.3 Å². The van der Waals surface area contributed by atoms with Crippen LogP contribution < -0.4 is 10.9 Å². The molecule has 7 nitrogen and oxygen atoms in total. The van der Waals surface area contributed by atoms with Gasteiger partial charge in [0.05, 0.1) is 6.54 Å². The maximum absolute atomic E-state index is 11.9. The third kappa shape index (κ3) is 4.35. The predicted molar refractivity (Wildman–Crippen MR) is 105 cm³/mol. The average Bonchev–Trinajstić information content (AvgIpc) is 2.72. The number of rotatable bonds is 6. The summed E-state index contributed by atoms with van der Waals surface area (Å²) in [6.45, 7) is 3.46. The SMILES string of the molecule is O=c1cccnn1CCN1CCCCC1CNc1ncnc2c1CCCC2. The highest BCUT2D eigenvalue weighted by Crippen LogP contribution is 2.25. The molecule has 2 aromatic heterocycles. The van der Waals surface area contributed by atoms with E-state index in [4.69, 9.17) is 0 Å². The molecule has 0 radical (unpaired) electrons. The highest BCUT2D eigenvalue weighted by molar-refractivity contribution is 5.47. The van der Waals surface area contributed by atoms with Gasteiger partial charge in [0.1, 0.15) is 12.1 Å². The van der Waals surface area contributed by atoms with E-state index in [1.807, 2.05) is 0 Å². The maximum Gasteiger partial charge on any atom is 0.266 e. The van der Waals surface area contributed by atoms with Gasteiger partial charge in [0, 0.05) is 42.7 Å². The molecule has 1 aliphatic carbocycles. The largest absolute Gasteiger partial charge is 0.368 e. The van der Waals surface area contributed by atoms with Crippen LogP contribution in [0.4, 0.5) is 5.82 Å². The second-order valence-electron chi connectivity index (χ2n) is 7.51. The maximum atomic E-state index is 11.9. The van der Waals surface area contributed by atoms with Crippen LogP contribution in [0.1, 0.15) is 43.4 Å². The molecule has 0 saturated carbocycles. The minimum absolute atomic E-state index is 0.0307. The van der Waals surface area contributed by atoms with E-state index >= 15 is 0 Å². The van der Waals surface area contributed by atoms with Crippen molar-refractivity contribution < 1.29 is 0 Å². The highest BCUT2D eigenvalue weighted by atomic mass is 16.1. The van der Waals surface area contributed by atoms with E-state index in [0.29, 0.717) is 12.6 Å². The Hall–Kier alpha value is -2.28. The molecule has 0 spiro atoms. The molecule has 1 atom stereocenters. The average molecular weight is 368 g/mol. The number of hydrogen-bond donors (Lipinski definition) is 1. The number of aryl methyl sites for hydroxylation is 1. The zero-order valence-electron chi connectivity index (χ0n) is 15.8. The third-order valence-corrected chi connectivity index (χ3v) is 5.76. The van der Waals surface area contributed by atoms with Crippen molar-refractivity contribution in [1.29, 1.82) is 0 Å². The van der Waals surface area contributed by atoms with Gasteiger partial charge in [-0.3, -0.25) is 9.69 Å². The Bertz CT molecular complexity index is 820. The summed E-state index contributed by atoms with van der Waals surface area (Å²) in [5.74, 6) is 1.02. The van der Waals surface area contributed by atoms with Crippen LogP contribution in [0.2, 0.25) is 0 Å². The summed E-state index contributed by atoms with van der Waals surface area (Å²) in [6.07, 6.45) is 11.6. The minimum Gasteiger partial charge on any atom is -0.368 e. The second-order valence-corrected chi connectivity index (χ2v) is 7.51. The standard InChI is InChI=1S/C20H28N6O/c27-19-9-5-10-24-26(19)13-12-25-11-4-3-6-16(25)14-21-20-17-7-1-2-8-18(17)22-15-23-20/h5,9-10,15-16H,1-4,6-8,11-14H2,(H,21,22,23). The Morgan fingerprint density at radius 1 is 1.11 bits per heavy atom. The van der Waals surface area contributed by atoms with Gasteiger partial charge in [0.15, 0.2) is 0 Å². The van der Waals surface area contributed by atoms with E-state index in [0.717, 1.165) is 38.3 Å². The minimum atomic E-state index is -0.0307. The lowest BCUT2D eigenvalue weighted by atomic mass is 9.96. The number of nitrogens with zero attached hydrogens (tertiary/aromatic N) is 5. The Morgan fingerprint density at radius 2 is 2.04 bits per heavy atom. The quantitative estimate of drug-likeness (QED) is 0.839. The monoisotopic (exact) mass is 368 g/mol. The van der Waals surface area contributed by atoms with Gasteiger partial charge >= 0.3 is 0 Å². The lowest BCUT2D eigenvalue weighted by Crippen LogP contribution is -2.45. The lowest BCUT2D eigenvalue weighted by molar-refractivity contribution is 0.148. The van der Waals surface area contributed by atoms with E-state index < -0.39 is 0 Å². The molecule has 0 amide bonds. The fraction of sp³-hybridized carbons (Fsp3) is 0.600. The Labute approximate surface area is 159 Å². The van der Waals surface area contributed by atoms with Crippen LogP contribution in [-0.4, -0.2) is 50.3 Å². The topological polar surface area (TPSA) is 75.9 Å². The third-order valence-electron chi connectivity index (χ3n) is 5.76. The van der Waals surface area contributed by atoms with E-state index in [-0.39, 0.29) is 5.56 Å². The number of aromatic nitrogens is 4. The number of likely N-dealkylation sites (tertiary alicyclic amines) is 1. The smallest absolute Gasteiger partial charge is 0.266 e. The van der Waals surface area contributed by atoms with Crippen molar-refractivity contribution in [3.8, 4) is 0 Å². The number of hydrogen-bond acceptors (Lipinski definition) is 6. The molecular weight excluding hydrogens is 340 g/mol. The fourth-order valence-corrected chi connectivity index (χ4v) is 4.25. The molecule has 4 rings (SSSR count). The Kier molecular flexibility index (Phi) is 5.77. The molecule has 1 saturated heterocycles. The van der Waals surface area contributed by atoms with Gasteiger partial charge in [-0.15, -0.1) is 0 Å². The molecule has 1 fully saturated rings. The molecule has 0 aromatic carbocycles. The van der Waals surface area contributed by atoms with Gasteiger partial charge in [-0.1, -0.05) is 6.42 Å². The first kappa shape index (κ1) is 18.1. The molecule has 2 aliphatic rings. The molecule has 1 aliphatic heterocycles. The number of piperidine rings is 1. The van der Waals surface area contributed by atoms with Crippen LogP contribution in [-0.2, 0) is 19.4 Å². The molecule has 3 heterocycles. The number of anilines is 1. The molecule has 7 heteroatoms. The van der Waals surface area contributed by atoms with Crippen molar-refractivity contribution in [2.45, 2.75) is 57.5 Å². The summed E-state index contributed by atoms with van der Waals surface area (Å²) in [5.41, 5.74) is 2.50. The fourth-order valence-electron chi connectivity index (χ4n) is 4.25. The van der Waals surface area contributed by atoms with Crippen LogP contribution in [0, 0.1) is 0 Å². The second kappa shape index (κ2) is 8.61. The highest BCUT2D eigenvalue weighted by Gasteiger charge is 2.23. The first-order chi connectivity index (χ1) is 13.3. The first-order valence-electron chi connectivity index (χ1n) is 10.1. The van der Waals surface area contributed by atoms with Gasteiger partial charge < -0.3 is 5.32 Å². The van der Waals surface area contributed by atoms with Crippen molar-refractivity contribution in [3.63, 3.8) is 0 Å². The summed E-state index contributed by atoms with van der Waals surface area (Å²) in [6, 6.07) is 3.72. The summed E-state index contributed by atoms with van der Waals surface area (Å²) in [7, 11) is 0. The van der Waals surface area contributed by atoms with Crippen LogP contribution in [0.5, 0.6) is 0 Å². The predicted octanol–water partition coefficient (Wildman–Crippen LogP) is 1.88. The van der Waals surface area contributed by atoms with Gasteiger partial charge in [0.2, 0.25) is 0 Å². The van der Waals surface area contributed by atoms with E-state index in [1.165, 1.54) is 43.4 Å². The van der Waals surface area contributed by atoms with Gasteiger partial charge in [-0.05, 0) is 51.1 Å². The molecule has 27 heavy (non-hydrogen) atoms. The van der Waals surface area contributed by atoms with Crippen molar-refractivity contribution in [2.75, 3.05) is 25.0 Å². The normalized spacial score (nSPS) is 20.2. The molecule has 1 unspecified atom stereocenters.